The van der Waals surface area contributed by atoms with E-state index in [1.807, 2.05) is 32.0 Å². The second kappa shape index (κ2) is 16.5. The molecule has 4 N–H and O–H groups in total. The van der Waals surface area contributed by atoms with Crippen molar-refractivity contribution in [1.29, 1.82) is 0 Å². The van der Waals surface area contributed by atoms with Gasteiger partial charge in [0.2, 0.25) is 10.0 Å². The minimum absolute atomic E-state index is 0.0192. The highest BCUT2D eigenvalue weighted by Crippen LogP contribution is 2.24. The van der Waals surface area contributed by atoms with Crippen LogP contribution in [0.2, 0.25) is 10.0 Å². The molecule has 0 aliphatic carbocycles. The standard InChI is InChI=1S/C26H36Cl2FN5O4S/c1-19(2)16-22(33-25(35)32-21-8-4-3-5-9-21)18-34(26(36)30-14-12-29)15-7-6-13-31-39(37,38)24-11-10-20(27)17-23(24)28/h3-5,8-11,17,19,22,31H,6-7,12-16,18H2,1-2H3,(H,30,36)(H2,32,33,35)/t22-/m1/s1. The van der Waals surface area contributed by atoms with E-state index in [2.05, 4.69) is 20.7 Å². The van der Waals surface area contributed by atoms with Gasteiger partial charge in [0.25, 0.3) is 0 Å². The molecule has 0 fully saturated rings. The first-order chi connectivity index (χ1) is 18.5. The van der Waals surface area contributed by atoms with Crippen LogP contribution in [0.1, 0.15) is 33.1 Å². The number of para-hydroxylation sites is 1. The molecule has 2 aromatic carbocycles. The number of rotatable bonds is 15. The van der Waals surface area contributed by atoms with Gasteiger partial charge in [-0.25, -0.2) is 27.1 Å². The Kier molecular flexibility index (Phi) is 13.8. The molecule has 0 radical (unpaired) electrons. The molecule has 39 heavy (non-hydrogen) atoms. The molecule has 0 saturated carbocycles. The zero-order valence-corrected chi connectivity index (χ0v) is 24.4. The van der Waals surface area contributed by atoms with Crippen LogP contribution in [0, 0.1) is 5.92 Å². The molecule has 0 saturated heterocycles. The number of unbranched alkanes of at least 4 members (excludes halogenated alkanes) is 1. The first-order valence-electron chi connectivity index (χ1n) is 12.7. The normalized spacial score (nSPS) is 12.2. The maximum absolute atomic E-state index is 12.8. The van der Waals surface area contributed by atoms with E-state index in [9.17, 15) is 22.4 Å². The highest BCUT2D eigenvalue weighted by molar-refractivity contribution is 7.89. The number of benzene rings is 2. The zero-order chi connectivity index (χ0) is 28.8. The Morgan fingerprint density at radius 1 is 1.03 bits per heavy atom. The van der Waals surface area contributed by atoms with E-state index in [-0.39, 0.29) is 48.1 Å². The largest absolute Gasteiger partial charge is 0.335 e. The quantitative estimate of drug-likeness (QED) is 0.207. The van der Waals surface area contributed by atoms with Gasteiger partial charge in [0, 0.05) is 42.9 Å². The Labute approximate surface area is 239 Å². The Balaban J connectivity index is 1.97. The Bertz CT molecular complexity index is 1170. The van der Waals surface area contributed by atoms with Crippen LogP contribution in [0.15, 0.2) is 53.4 Å². The summed E-state index contributed by atoms with van der Waals surface area (Å²) in [6.45, 7) is 3.78. The number of carbonyl (C=O) groups is 2. The molecule has 216 valence electrons. The number of carbonyl (C=O) groups excluding carboxylic acids is 2. The fourth-order valence-electron chi connectivity index (χ4n) is 3.84. The summed E-state index contributed by atoms with van der Waals surface area (Å²) in [5.41, 5.74) is 0.637. The number of nitrogens with zero attached hydrogens (tertiary/aromatic N) is 1. The Morgan fingerprint density at radius 3 is 2.38 bits per heavy atom. The maximum Gasteiger partial charge on any atom is 0.319 e. The van der Waals surface area contributed by atoms with Crippen LogP contribution in [-0.2, 0) is 10.0 Å². The van der Waals surface area contributed by atoms with Crippen LogP contribution < -0.4 is 20.7 Å². The Hall–Kier alpha value is -2.60. The summed E-state index contributed by atoms with van der Waals surface area (Å²) >= 11 is 11.9. The van der Waals surface area contributed by atoms with Crippen molar-refractivity contribution in [3.63, 3.8) is 0 Å². The third-order valence-corrected chi connectivity index (χ3v) is 7.73. The van der Waals surface area contributed by atoms with E-state index in [1.54, 1.807) is 12.1 Å². The lowest BCUT2D eigenvalue weighted by atomic mass is 10.0. The fourth-order valence-corrected chi connectivity index (χ4v) is 5.68. The molecule has 1 atom stereocenters. The van der Waals surface area contributed by atoms with E-state index in [1.165, 1.54) is 23.1 Å². The maximum atomic E-state index is 12.8. The lowest BCUT2D eigenvalue weighted by Gasteiger charge is -2.29. The first-order valence-corrected chi connectivity index (χ1v) is 14.9. The van der Waals surface area contributed by atoms with Crippen molar-refractivity contribution in [2.24, 2.45) is 5.92 Å². The van der Waals surface area contributed by atoms with E-state index in [4.69, 9.17) is 23.2 Å². The zero-order valence-electron chi connectivity index (χ0n) is 22.1. The van der Waals surface area contributed by atoms with Gasteiger partial charge in [0.1, 0.15) is 11.6 Å². The van der Waals surface area contributed by atoms with Crippen molar-refractivity contribution in [3.8, 4) is 0 Å². The van der Waals surface area contributed by atoms with Crippen molar-refractivity contribution in [2.45, 2.75) is 44.0 Å². The third kappa shape index (κ3) is 12.0. The summed E-state index contributed by atoms with van der Waals surface area (Å²) in [6.07, 6.45) is 1.50. The van der Waals surface area contributed by atoms with Crippen molar-refractivity contribution in [2.75, 3.05) is 38.2 Å². The van der Waals surface area contributed by atoms with Crippen LogP contribution >= 0.6 is 23.2 Å². The summed E-state index contributed by atoms with van der Waals surface area (Å²) in [6, 6.07) is 11.9. The molecule has 13 heteroatoms. The van der Waals surface area contributed by atoms with E-state index >= 15 is 0 Å². The van der Waals surface area contributed by atoms with E-state index < -0.39 is 28.8 Å². The molecule has 0 aliphatic rings. The number of hydrogen-bond donors (Lipinski definition) is 4. The average Bonchev–Trinajstić information content (AvgIpc) is 2.86. The number of nitrogens with one attached hydrogen (secondary N) is 4. The topological polar surface area (TPSA) is 120 Å². The molecule has 9 nitrogen and oxygen atoms in total. The second-order valence-electron chi connectivity index (χ2n) is 9.34. The third-order valence-electron chi connectivity index (χ3n) is 5.55. The SMILES string of the molecule is CC(C)C[C@H](CN(CCCCNS(=O)(=O)c1ccc(Cl)cc1Cl)C(=O)NCCF)NC(=O)Nc1ccccc1. The van der Waals surface area contributed by atoms with Gasteiger partial charge in [-0.2, -0.15) is 0 Å². The summed E-state index contributed by atoms with van der Waals surface area (Å²) in [4.78, 5) is 26.8. The number of sulfonamides is 1. The van der Waals surface area contributed by atoms with E-state index in [0.29, 0.717) is 30.0 Å². The van der Waals surface area contributed by atoms with Gasteiger partial charge in [-0.15, -0.1) is 0 Å². The van der Waals surface area contributed by atoms with Gasteiger partial charge >= 0.3 is 12.1 Å². The summed E-state index contributed by atoms with van der Waals surface area (Å²) in [7, 11) is -3.84. The van der Waals surface area contributed by atoms with Gasteiger partial charge in [-0.1, -0.05) is 55.2 Å². The van der Waals surface area contributed by atoms with Gasteiger partial charge in [0.15, 0.2) is 0 Å². The number of amides is 4. The lowest BCUT2D eigenvalue weighted by molar-refractivity contribution is 0.185. The molecular formula is C26H36Cl2FN5O4S. The molecule has 0 spiro atoms. The van der Waals surface area contributed by atoms with Gasteiger partial charge in [-0.05, 0) is 55.5 Å². The number of anilines is 1. The molecule has 0 unspecified atom stereocenters. The molecule has 2 rings (SSSR count). The second-order valence-corrected chi connectivity index (χ2v) is 11.9. The Morgan fingerprint density at radius 2 is 1.74 bits per heavy atom. The van der Waals surface area contributed by atoms with Crippen LogP contribution in [0.4, 0.5) is 19.7 Å². The van der Waals surface area contributed by atoms with Crippen molar-refractivity contribution in [1.82, 2.24) is 20.3 Å². The molecule has 0 heterocycles. The fraction of sp³-hybridized carbons (Fsp3) is 0.462. The number of halogens is 3. The minimum atomic E-state index is -3.84. The molecule has 0 bridgehead atoms. The molecule has 0 aliphatic heterocycles. The summed E-state index contributed by atoms with van der Waals surface area (Å²) < 4.78 is 40.4. The molecule has 2 aromatic rings. The van der Waals surface area contributed by atoms with Crippen molar-refractivity contribution < 1.29 is 22.4 Å². The highest BCUT2D eigenvalue weighted by atomic mass is 35.5. The number of alkyl halides is 1. The highest BCUT2D eigenvalue weighted by Gasteiger charge is 2.22. The van der Waals surface area contributed by atoms with Gasteiger partial charge in [0.05, 0.1) is 5.02 Å². The van der Waals surface area contributed by atoms with Crippen LogP contribution in [0.25, 0.3) is 0 Å². The lowest BCUT2D eigenvalue weighted by Crippen LogP contribution is -2.50. The first kappa shape index (κ1) is 32.6. The predicted octanol–water partition coefficient (Wildman–Crippen LogP) is 5.27. The van der Waals surface area contributed by atoms with Crippen LogP contribution in [0.5, 0.6) is 0 Å². The van der Waals surface area contributed by atoms with Gasteiger partial charge in [-0.3, -0.25) is 0 Å². The predicted molar refractivity (Wildman–Crippen MR) is 154 cm³/mol. The molecular weight excluding hydrogens is 568 g/mol. The molecule has 0 aromatic heterocycles. The molecule has 4 amide bonds. The van der Waals surface area contributed by atoms with Crippen LogP contribution in [-0.4, -0.2) is 64.3 Å². The summed E-state index contributed by atoms with van der Waals surface area (Å²) in [5.74, 6) is 0.233. The van der Waals surface area contributed by atoms with E-state index in [0.717, 1.165) is 0 Å². The monoisotopic (exact) mass is 603 g/mol. The average molecular weight is 605 g/mol. The van der Waals surface area contributed by atoms with Gasteiger partial charge < -0.3 is 20.9 Å². The van der Waals surface area contributed by atoms with Crippen molar-refractivity contribution in [3.05, 3.63) is 58.6 Å². The number of hydrogen-bond acceptors (Lipinski definition) is 4. The number of urea groups is 2. The minimum Gasteiger partial charge on any atom is -0.335 e. The summed E-state index contributed by atoms with van der Waals surface area (Å²) in [5, 5.41) is 8.58. The smallest absolute Gasteiger partial charge is 0.319 e. The van der Waals surface area contributed by atoms with Crippen LogP contribution in [0.3, 0.4) is 0 Å². The van der Waals surface area contributed by atoms with Crippen molar-refractivity contribution >= 4 is 51.0 Å².